The summed E-state index contributed by atoms with van der Waals surface area (Å²) in [5.74, 6) is 2.90. The predicted octanol–water partition coefficient (Wildman–Crippen LogP) is 2.47. The summed E-state index contributed by atoms with van der Waals surface area (Å²) < 4.78 is 5.45. The number of thiol groups is 1. The predicted molar refractivity (Wildman–Crippen MR) is 57.2 cm³/mol. The first-order valence-corrected chi connectivity index (χ1v) is 4.92. The van der Waals surface area contributed by atoms with E-state index in [1.807, 2.05) is 25.1 Å². The summed E-state index contributed by atoms with van der Waals surface area (Å²) in [4.78, 5) is 8.35. The van der Waals surface area contributed by atoms with Crippen LogP contribution in [-0.4, -0.2) is 9.97 Å². The molecule has 2 rings (SSSR count). The van der Waals surface area contributed by atoms with E-state index in [-0.39, 0.29) is 0 Å². The third-order valence-electron chi connectivity index (χ3n) is 1.84. The number of hydrogen-bond acceptors (Lipinski definition) is 4. The third kappa shape index (κ3) is 1.80. The first kappa shape index (κ1) is 9.27. The SMILES string of the molecule is Cc1ccc(-c2ccnc(CS)n2)o1. The largest absolute Gasteiger partial charge is 0.460 e. The Labute approximate surface area is 87.6 Å². The number of rotatable bonds is 2. The zero-order valence-electron chi connectivity index (χ0n) is 7.77. The van der Waals surface area contributed by atoms with Crippen molar-refractivity contribution in [2.75, 3.05) is 0 Å². The Morgan fingerprint density at radius 2 is 2.21 bits per heavy atom. The van der Waals surface area contributed by atoms with Crippen LogP contribution in [0.3, 0.4) is 0 Å². The molecule has 0 saturated carbocycles. The average molecular weight is 206 g/mol. The van der Waals surface area contributed by atoms with Gasteiger partial charge in [0.25, 0.3) is 0 Å². The van der Waals surface area contributed by atoms with Gasteiger partial charge >= 0.3 is 0 Å². The minimum absolute atomic E-state index is 0.535. The van der Waals surface area contributed by atoms with E-state index in [2.05, 4.69) is 22.6 Å². The average Bonchev–Trinajstić information content (AvgIpc) is 2.65. The fourth-order valence-corrected chi connectivity index (χ4v) is 1.34. The molecule has 0 atom stereocenters. The van der Waals surface area contributed by atoms with Crippen molar-refractivity contribution in [1.82, 2.24) is 9.97 Å². The molecule has 0 bridgehead atoms. The molecule has 3 nitrogen and oxygen atoms in total. The molecule has 14 heavy (non-hydrogen) atoms. The molecule has 0 aromatic carbocycles. The van der Waals surface area contributed by atoms with Gasteiger partial charge in [-0.25, -0.2) is 9.97 Å². The molecule has 0 aliphatic carbocycles. The van der Waals surface area contributed by atoms with E-state index in [0.717, 1.165) is 17.2 Å². The number of nitrogens with zero attached hydrogens (tertiary/aromatic N) is 2. The van der Waals surface area contributed by atoms with Crippen LogP contribution in [0.4, 0.5) is 0 Å². The maximum absolute atomic E-state index is 5.45. The lowest BCUT2D eigenvalue weighted by Gasteiger charge is -1.97. The number of aryl methyl sites for hydroxylation is 1. The summed E-state index contributed by atoms with van der Waals surface area (Å²) in [6, 6.07) is 5.64. The van der Waals surface area contributed by atoms with E-state index in [1.54, 1.807) is 6.20 Å². The lowest BCUT2D eigenvalue weighted by molar-refractivity contribution is 0.546. The Hall–Kier alpha value is -1.29. The van der Waals surface area contributed by atoms with Crippen LogP contribution in [0.5, 0.6) is 0 Å². The lowest BCUT2D eigenvalue weighted by Crippen LogP contribution is -1.91. The molecule has 0 spiro atoms. The normalized spacial score (nSPS) is 10.4. The standard InChI is InChI=1S/C10H10N2OS/c1-7-2-3-9(13-7)8-4-5-11-10(6-14)12-8/h2-5,14H,6H2,1H3. The van der Waals surface area contributed by atoms with E-state index in [4.69, 9.17) is 4.42 Å². The van der Waals surface area contributed by atoms with Gasteiger partial charge in [0.05, 0.1) is 5.75 Å². The van der Waals surface area contributed by atoms with Gasteiger partial charge in [-0.2, -0.15) is 12.6 Å². The van der Waals surface area contributed by atoms with Gasteiger partial charge in [0, 0.05) is 6.20 Å². The molecule has 2 heterocycles. The molecule has 2 aromatic rings. The van der Waals surface area contributed by atoms with Gasteiger partial charge in [0.15, 0.2) is 5.76 Å². The monoisotopic (exact) mass is 206 g/mol. The fraction of sp³-hybridized carbons (Fsp3) is 0.200. The molecule has 0 N–H and O–H groups in total. The van der Waals surface area contributed by atoms with Crippen molar-refractivity contribution in [3.05, 3.63) is 36.0 Å². The van der Waals surface area contributed by atoms with Crippen molar-refractivity contribution in [2.24, 2.45) is 0 Å². The Bertz CT molecular complexity index is 439. The molecular formula is C10H10N2OS. The molecule has 2 aromatic heterocycles. The van der Waals surface area contributed by atoms with Crippen molar-refractivity contribution in [1.29, 1.82) is 0 Å². The number of aromatic nitrogens is 2. The highest BCUT2D eigenvalue weighted by molar-refractivity contribution is 7.79. The molecule has 0 fully saturated rings. The van der Waals surface area contributed by atoms with Crippen LogP contribution in [-0.2, 0) is 5.75 Å². The van der Waals surface area contributed by atoms with Crippen LogP contribution < -0.4 is 0 Å². The molecule has 4 heteroatoms. The van der Waals surface area contributed by atoms with Gasteiger partial charge in [0.2, 0.25) is 0 Å². The van der Waals surface area contributed by atoms with Crippen LogP contribution in [0.25, 0.3) is 11.5 Å². The fourth-order valence-electron chi connectivity index (χ4n) is 1.18. The second-order valence-corrected chi connectivity index (χ2v) is 3.24. The highest BCUT2D eigenvalue weighted by atomic mass is 32.1. The topological polar surface area (TPSA) is 38.9 Å². The van der Waals surface area contributed by atoms with E-state index in [1.165, 1.54) is 0 Å². The van der Waals surface area contributed by atoms with Crippen molar-refractivity contribution >= 4 is 12.6 Å². The van der Waals surface area contributed by atoms with Gasteiger partial charge in [-0.15, -0.1) is 0 Å². The molecule has 0 unspecified atom stereocenters. The van der Waals surface area contributed by atoms with E-state index in [9.17, 15) is 0 Å². The molecule has 0 aliphatic rings. The van der Waals surface area contributed by atoms with Crippen LogP contribution in [0.2, 0.25) is 0 Å². The van der Waals surface area contributed by atoms with Crippen molar-refractivity contribution in [3.63, 3.8) is 0 Å². The molecule has 72 valence electrons. The maximum atomic E-state index is 5.45. The third-order valence-corrected chi connectivity index (χ3v) is 2.12. The molecule has 0 aliphatic heterocycles. The van der Waals surface area contributed by atoms with Gasteiger partial charge in [-0.3, -0.25) is 0 Å². The Balaban J connectivity index is 2.41. The number of hydrogen-bond donors (Lipinski definition) is 1. The molecular weight excluding hydrogens is 196 g/mol. The Morgan fingerprint density at radius 1 is 1.36 bits per heavy atom. The van der Waals surface area contributed by atoms with Gasteiger partial charge in [0.1, 0.15) is 17.3 Å². The summed E-state index contributed by atoms with van der Waals surface area (Å²) in [7, 11) is 0. The van der Waals surface area contributed by atoms with Crippen molar-refractivity contribution in [3.8, 4) is 11.5 Å². The Kier molecular flexibility index (Phi) is 2.54. The smallest absolute Gasteiger partial charge is 0.152 e. The number of furan rings is 1. The first-order valence-electron chi connectivity index (χ1n) is 4.29. The highest BCUT2D eigenvalue weighted by Gasteiger charge is 2.04. The zero-order valence-corrected chi connectivity index (χ0v) is 8.66. The van der Waals surface area contributed by atoms with Gasteiger partial charge in [-0.05, 0) is 25.1 Å². The van der Waals surface area contributed by atoms with Gasteiger partial charge in [-0.1, -0.05) is 0 Å². The van der Waals surface area contributed by atoms with Crippen LogP contribution in [0.15, 0.2) is 28.8 Å². The summed E-state index contributed by atoms with van der Waals surface area (Å²) in [6.45, 7) is 1.91. The minimum atomic E-state index is 0.535. The quantitative estimate of drug-likeness (QED) is 0.767. The molecule has 0 saturated heterocycles. The van der Waals surface area contributed by atoms with Crippen LogP contribution in [0, 0.1) is 6.92 Å². The second kappa shape index (κ2) is 3.84. The summed E-state index contributed by atoms with van der Waals surface area (Å²) in [6.07, 6.45) is 1.71. The Morgan fingerprint density at radius 3 is 2.86 bits per heavy atom. The lowest BCUT2D eigenvalue weighted by atomic mass is 10.3. The summed E-state index contributed by atoms with van der Waals surface area (Å²) in [5, 5.41) is 0. The van der Waals surface area contributed by atoms with Crippen molar-refractivity contribution < 1.29 is 4.42 Å². The van der Waals surface area contributed by atoms with E-state index < -0.39 is 0 Å². The molecule has 0 radical (unpaired) electrons. The second-order valence-electron chi connectivity index (χ2n) is 2.93. The van der Waals surface area contributed by atoms with Crippen LogP contribution in [0.1, 0.15) is 11.6 Å². The minimum Gasteiger partial charge on any atom is -0.460 e. The van der Waals surface area contributed by atoms with Gasteiger partial charge < -0.3 is 4.42 Å². The van der Waals surface area contributed by atoms with E-state index in [0.29, 0.717) is 11.6 Å². The molecule has 0 amide bonds. The summed E-state index contributed by atoms with van der Waals surface area (Å²) in [5.41, 5.74) is 0.803. The summed E-state index contributed by atoms with van der Waals surface area (Å²) >= 11 is 4.12. The zero-order chi connectivity index (χ0) is 9.97. The van der Waals surface area contributed by atoms with E-state index >= 15 is 0 Å². The maximum Gasteiger partial charge on any atom is 0.152 e. The van der Waals surface area contributed by atoms with Crippen molar-refractivity contribution in [2.45, 2.75) is 12.7 Å². The van der Waals surface area contributed by atoms with Crippen LogP contribution >= 0.6 is 12.6 Å². The first-order chi connectivity index (χ1) is 6.79. The highest BCUT2D eigenvalue weighted by Crippen LogP contribution is 2.19.